The topological polar surface area (TPSA) is 43.1 Å². The molecule has 4 heteroatoms. The van der Waals surface area contributed by atoms with Crippen molar-refractivity contribution in [1.82, 2.24) is 0 Å². The van der Waals surface area contributed by atoms with Crippen LogP contribution in [0.5, 0.6) is 0 Å². The molecule has 0 aromatic carbocycles. The van der Waals surface area contributed by atoms with Crippen LogP contribution in [0.15, 0.2) is 0 Å². The Bertz CT molecular complexity index is 228. The maximum atomic E-state index is 10.9. The molecule has 0 spiro atoms. The minimum Gasteiger partial charge on any atom is -0.264 e. The van der Waals surface area contributed by atoms with E-state index in [2.05, 4.69) is 41.5 Å². The van der Waals surface area contributed by atoms with E-state index in [0.29, 0.717) is 0 Å². The quantitative estimate of drug-likeness (QED) is 0.552. The van der Waals surface area contributed by atoms with Gasteiger partial charge in [0.25, 0.3) is 0 Å². The van der Waals surface area contributed by atoms with Gasteiger partial charge in [0.1, 0.15) is 0 Å². The van der Waals surface area contributed by atoms with Crippen LogP contribution in [0.2, 0.25) is 0 Å². The molecule has 15 heavy (non-hydrogen) atoms. The van der Waals surface area contributed by atoms with Crippen molar-refractivity contribution >= 4 is 11.8 Å². The molecule has 0 saturated heterocycles. The van der Waals surface area contributed by atoms with E-state index in [0.717, 1.165) is 0 Å². The number of nitrogens with zero attached hydrogens (tertiary/aromatic N) is 1. The predicted octanol–water partition coefficient (Wildman–Crippen LogP) is 3.60. The fourth-order valence-electron chi connectivity index (χ4n) is 1.49. The summed E-state index contributed by atoms with van der Waals surface area (Å²) in [5.41, 5.74) is -0.0512. The third-order valence-electron chi connectivity index (χ3n) is 2.10. The van der Waals surface area contributed by atoms with E-state index >= 15 is 0 Å². The van der Waals surface area contributed by atoms with Gasteiger partial charge in [0.05, 0.1) is 5.25 Å². The molecule has 0 aliphatic heterocycles. The second kappa shape index (κ2) is 4.73. The van der Waals surface area contributed by atoms with Crippen LogP contribution < -0.4 is 0 Å². The molecule has 0 bridgehead atoms. The molecule has 0 amide bonds. The number of hydrogen-bond acceptors (Lipinski definition) is 3. The van der Waals surface area contributed by atoms with Gasteiger partial charge in [-0.05, 0) is 5.41 Å². The summed E-state index contributed by atoms with van der Waals surface area (Å²) in [5.74, 6) is 0. The molecule has 0 heterocycles. The molecule has 3 nitrogen and oxygen atoms in total. The number of rotatable bonds is 3. The minimum absolute atomic E-state index is 0.0347. The number of hydrogen-bond donors (Lipinski definition) is 0. The fourth-order valence-corrected chi connectivity index (χ4v) is 2.90. The van der Waals surface area contributed by atoms with E-state index in [1.807, 2.05) is 0 Å². The summed E-state index contributed by atoms with van der Waals surface area (Å²) in [7, 11) is 0. The van der Waals surface area contributed by atoms with Gasteiger partial charge in [-0.1, -0.05) is 41.5 Å². The van der Waals surface area contributed by atoms with Crippen LogP contribution in [0.1, 0.15) is 48.5 Å². The molecule has 0 aromatic heterocycles. The maximum absolute atomic E-state index is 10.9. The molecule has 0 rings (SSSR count). The van der Waals surface area contributed by atoms with Crippen LogP contribution in [-0.2, 0) is 0 Å². The van der Waals surface area contributed by atoms with Gasteiger partial charge in [-0.2, -0.15) is 0 Å². The van der Waals surface area contributed by atoms with Crippen molar-refractivity contribution in [2.75, 3.05) is 0 Å². The highest BCUT2D eigenvalue weighted by Gasteiger charge is 2.39. The van der Waals surface area contributed by atoms with Crippen LogP contribution in [0.3, 0.4) is 0 Å². The molecule has 0 saturated carbocycles. The van der Waals surface area contributed by atoms with Gasteiger partial charge in [0.15, 0.2) is 0 Å². The SMILES string of the molecule is C[C@H]([C@@H](SC(C)(C)C)C(C)(C)C)[N+](=O)[O-]. The van der Waals surface area contributed by atoms with Crippen molar-refractivity contribution in [2.45, 2.75) is 64.5 Å². The van der Waals surface area contributed by atoms with Gasteiger partial charge >= 0.3 is 0 Å². The summed E-state index contributed by atoms with van der Waals surface area (Å²) in [6.45, 7) is 14.2. The first kappa shape index (κ1) is 14.8. The van der Waals surface area contributed by atoms with E-state index in [-0.39, 0.29) is 20.3 Å². The Hall–Kier alpha value is -0.250. The van der Waals surface area contributed by atoms with Crippen molar-refractivity contribution in [2.24, 2.45) is 5.41 Å². The Balaban J connectivity index is 4.84. The zero-order valence-corrected chi connectivity index (χ0v) is 11.6. The largest absolute Gasteiger partial charge is 0.264 e. The van der Waals surface area contributed by atoms with Crippen molar-refractivity contribution < 1.29 is 4.92 Å². The average Bonchev–Trinajstić information content (AvgIpc) is 1.94. The summed E-state index contributed by atoms with van der Waals surface area (Å²) in [5, 5.41) is 10.9. The van der Waals surface area contributed by atoms with Crippen LogP contribution in [0.4, 0.5) is 0 Å². The highest BCUT2D eigenvalue weighted by molar-refractivity contribution is 8.01. The van der Waals surface area contributed by atoms with E-state index in [4.69, 9.17) is 0 Å². The Morgan fingerprint density at radius 1 is 1.13 bits per heavy atom. The minimum atomic E-state index is -0.505. The molecule has 90 valence electrons. The zero-order chi connectivity index (χ0) is 12.4. The van der Waals surface area contributed by atoms with Crippen LogP contribution >= 0.6 is 11.8 Å². The Morgan fingerprint density at radius 3 is 1.73 bits per heavy atom. The molecular weight excluding hydrogens is 210 g/mol. The standard InChI is InChI=1S/C11H23NO2S/c1-8(12(13)14)9(10(2,3)4)15-11(5,6)7/h8-9H,1-7H3/t8-,9-/m1/s1. The molecular formula is C11H23NO2S. The lowest BCUT2D eigenvalue weighted by atomic mass is 9.88. The molecule has 2 atom stereocenters. The smallest absolute Gasteiger partial charge is 0.222 e. The van der Waals surface area contributed by atoms with Crippen LogP contribution in [0.25, 0.3) is 0 Å². The molecule has 0 unspecified atom stereocenters. The second-order valence-electron chi connectivity index (χ2n) is 6.04. The van der Waals surface area contributed by atoms with E-state index < -0.39 is 6.04 Å². The molecule has 0 aliphatic carbocycles. The van der Waals surface area contributed by atoms with Gasteiger partial charge in [-0.25, -0.2) is 0 Å². The third-order valence-corrected chi connectivity index (χ3v) is 4.17. The van der Waals surface area contributed by atoms with E-state index in [9.17, 15) is 10.1 Å². The highest BCUT2D eigenvalue weighted by Crippen LogP contribution is 2.40. The van der Waals surface area contributed by atoms with Gasteiger partial charge in [0, 0.05) is 16.6 Å². The van der Waals surface area contributed by atoms with Crippen LogP contribution in [-0.4, -0.2) is 21.0 Å². The number of nitro groups is 1. The molecule has 0 N–H and O–H groups in total. The lowest BCUT2D eigenvalue weighted by Crippen LogP contribution is -2.40. The molecule has 0 fully saturated rings. The summed E-state index contributed by atoms with van der Waals surface area (Å²) >= 11 is 1.70. The highest BCUT2D eigenvalue weighted by atomic mass is 32.2. The Kier molecular flexibility index (Phi) is 4.65. The number of thioether (sulfide) groups is 1. The van der Waals surface area contributed by atoms with E-state index in [1.165, 1.54) is 0 Å². The third kappa shape index (κ3) is 5.40. The Labute approximate surface area is 97.2 Å². The van der Waals surface area contributed by atoms with Crippen molar-refractivity contribution in [1.29, 1.82) is 0 Å². The normalized spacial score (nSPS) is 17.3. The Morgan fingerprint density at radius 2 is 1.53 bits per heavy atom. The molecule has 0 aliphatic rings. The van der Waals surface area contributed by atoms with Gasteiger partial charge in [-0.15, -0.1) is 11.8 Å². The van der Waals surface area contributed by atoms with Crippen LogP contribution in [0, 0.1) is 15.5 Å². The van der Waals surface area contributed by atoms with Crippen molar-refractivity contribution in [3.8, 4) is 0 Å². The summed E-state index contributed by atoms with van der Waals surface area (Å²) in [6.07, 6.45) is 0. The summed E-state index contributed by atoms with van der Waals surface area (Å²) in [6, 6.07) is -0.505. The molecule has 0 radical (unpaired) electrons. The first-order chi connectivity index (χ1) is 6.45. The second-order valence-corrected chi connectivity index (χ2v) is 8.01. The van der Waals surface area contributed by atoms with Gasteiger partial charge in [0.2, 0.25) is 6.04 Å². The average molecular weight is 233 g/mol. The molecule has 0 aromatic rings. The zero-order valence-electron chi connectivity index (χ0n) is 10.8. The van der Waals surface area contributed by atoms with Gasteiger partial charge < -0.3 is 0 Å². The van der Waals surface area contributed by atoms with E-state index in [1.54, 1.807) is 18.7 Å². The van der Waals surface area contributed by atoms with Crippen molar-refractivity contribution in [3.05, 3.63) is 10.1 Å². The summed E-state index contributed by atoms with van der Waals surface area (Å²) < 4.78 is 0.0578. The summed E-state index contributed by atoms with van der Waals surface area (Å²) in [4.78, 5) is 10.7. The first-order valence-electron chi connectivity index (χ1n) is 5.26. The lowest BCUT2D eigenvalue weighted by Gasteiger charge is -2.35. The monoisotopic (exact) mass is 233 g/mol. The maximum Gasteiger partial charge on any atom is 0.222 e. The van der Waals surface area contributed by atoms with Gasteiger partial charge in [-0.3, -0.25) is 10.1 Å². The fraction of sp³-hybridized carbons (Fsp3) is 1.00. The predicted molar refractivity (Wildman–Crippen MR) is 67.0 cm³/mol. The lowest BCUT2D eigenvalue weighted by molar-refractivity contribution is -0.519. The van der Waals surface area contributed by atoms with Crippen molar-refractivity contribution in [3.63, 3.8) is 0 Å². The first-order valence-corrected chi connectivity index (χ1v) is 6.14.